The Morgan fingerprint density at radius 1 is 1.17 bits per heavy atom. The fourth-order valence-corrected chi connectivity index (χ4v) is 2.77. The van der Waals surface area contributed by atoms with E-state index in [4.69, 9.17) is 32.4 Å². The first kappa shape index (κ1) is 16.0. The van der Waals surface area contributed by atoms with Crippen LogP contribution in [0.3, 0.4) is 0 Å². The van der Waals surface area contributed by atoms with Crippen LogP contribution in [-0.2, 0) is 11.4 Å². The number of hydrogen-bond donors (Lipinski definition) is 1. The Morgan fingerprint density at radius 2 is 2.00 bits per heavy atom. The number of ether oxygens (including phenoxy) is 1. The number of rotatable bonds is 4. The van der Waals surface area contributed by atoms with E-state index in [9.17, 15) is 9.59 Å². The molecule has 2 amide bonds. The van der Waals surface area contributed by atoms with Crippen molar-refractivity contribution in [2.45, 2.75) is 6.61 Å². The lowest BCUT2D eigenvalue weighted by molar-refractivity contribution is -0.115. The summed E-state index contributed by atoms with van der Waals surface area (Å²) >= 11 is 12.6. The number of halogens is 2. The molecule has 0 bridgehead atoms. The van der Waals surface area contributed by atoms with Crippen molar-refractivity contribution in [3.63, 3.8) is 0 Å². The molecule has 1 aromatic carbocycles. The lowest BCUT2D eigenvalue weighted by Crippen LogP contribution is -2.17. The molecule has 0 atom stereocenters. The highest BCUT2D eigenvalue weighted by Crippen LogP contribution is 2.28. The Labute approximate surface area is 145 Å². The molecule has 0 radical (unpaired) electrons. The molecule has 0 aliphatic carbocycles. The van der Waals surface area contributed by atoms with Gasteiger partial charge < -0.3 is 9.15 Å². The molecule has 5 nitrogen and oxygen atoms in total. The average molecular weight is 370 g/mol. The van der Waals surface area contributed by atoms with E-state index < -0.39 is 11.1 Å². The van der Waals surface area contributed by atoms with Crippen LogP contribution in [-0.4, -0.2) is 11.1 Å². The molecule has 1 N–H and O–H groups in total. The highest BCUT2D eigenvalue weighted by Gasteiger charge is 2.25. The van der Waals surface area contributed by atoms with E-state index >= 15 is 0 Å². The number of imide groups is 1. The molecule has 2 heterocycles. The van der Waals surface area contributed by atoms with E-state index in [1.807, 2.05) is 0 Å². The Hall–Kier alpha value is -1.89. The largest absolute Gasteiger partial charge is 0.486 e. The summed E-state index contributed by atoms with van der Waals surface area (Å²) in [6.07, 6.45) is 1.51. The number of furan rings is 1. The highest BCUT2D eigenvalue weighted by molar-refractivity contribution is 8.18. The van der Waals surface area contributed by atoms with Crippen molar-refractivity contribution in [2.75, 3.05) is 0 Å². The third kappa shape index (κ3) is 3.90. The number of nitrogens with one attached hydrogen (secondary N) is 1. The Balaban J connectivity index is 1.65. The van der Waals surface area contributed by atoms with Crippen LogP contribution < -0.4 is 10.1 Å². The van der Waals surface area contributed by atoms with Crippen molar-refractivity contribution < 1.29 is 18.7 Å². The first-order chi connectivity index (χ1) is 11.0. The minimum absolute atomic E-state index is 0.194. The van der Waals surface area contributed by atoms with E-state index in [1.54, 1.807) is 30.3 Å². The molecule has 0 saturated carbocycles. The molecule has 1 aliphatic heterocycles. The topological polar surface area (TPSA) is 68.5 Å². The molecule has 23 heavy (non-hydrogen) atoms. The zero-order valence-electron chi connectivity index (χ0n) is 11.5. The lowest BCUT2D eigenvalue weighted by atomic mass is 10.3. The van der Waals surface area contributed by atoms with Gasteiger partial charge >= 0.3 is 0 Å². The summed E-state index contributed by atoms with van der Waals surface area (Å²) in [7, 11) is 0. The van der Waals surface area contributed by atoms with E-state index in [-0.39, 0.29) is 6.61 Å². The number of amides is 2. The first-order valence-electron chi connectivity index (χ1n) is 6.43. The second-order valence-corrected chi connectivity index (χ2v) is 6.35. The summed E-state index contributed by atoms with van der Waals surface area (Å²) < 4.78 is 11.1. The number of benzene rings is 1. The van der Waals surface area contributed by atoms with Crippen molar-refractivity contribution in [2.24, 2.45) is 0 Å². The van der Waals surface area contributed by atoms with E-state index in [2.05, 4.69) is 5.32 Å². The number of hydrogen-bond acceptors (Lipinski definition) is 5. The van der Waals surface area contributed by atoms with Gasteiger partial charge in [0.1, 0.15) is 23.9 Å². The van der Waals surface area contributed by atoms with Gasteiger partial charge in [-0.1, -0.05) is 23.2 Å². The van der Waals surface area contributed by atoms with E-state index in [0.29, 0.717) is 32.2 Å². The zero-order valence-corrected chi connectivity index (χ0v) is 13.8. The monoisotopic (exact) mass is 369 g/mol. The molecule has 118 valence electrons. The molecule has 0 spiro atoms. The second-order valence-electron chi connectivity index (χ2n) is 4.52. The average Bonchev–Trinajstić information content (AvgIpc) is 3.07. The molecule has 1 aromatic heterocycles. The zero-order chi connectivity index (χ0) is 16.4. The molecule has 3 rings (SSSR count). The van der Waals surface area contributed by atoms with Gasteiger partial charge in [-0.05, 0) is 36.0 Å². The molecular weight excluding hydrogens is 361 g/mol. The normalized spacial score (nSPS) is 16.0. The van der Waals surface area contributed by atoms with Crippen LogP contribution in [0.5, 0.6) is 5.75 Å². The first-order valence-corrected chi connectivity index (χ1v) is 8.00. The van der Waals surface area contributed by atoms with Crippen LogP contribution in [0.1, 0.15) is 11.5 Å². The summed E-state index contributed by atoms with van der Waals surface area (Å²) in [5, 5.41) is 2.64. The van der Waals surface area contributed by atoms with Crippen molar-refractivity contribution in [3.8, 4) is 5.75 Å². The maximum atomic E-state index is 11.5. The molecule has 1 fully saturated rings. The summed E-state index contributed by atoms with van der Waals surface area (Å²) in [5.41, 5.74) is 0. The minimum Gasteiger partial charge on any atom is -0.486 e. The molecule has 1 aliphatic rings. The number of thioether (sulfide) groups is 1. The van der Waals surface area contributed by atoms with Gasteiger partial charge in [0.2, 0.25) is 0 Å². The quantitative estimate of drug-likeness (QED) is 0.804. The van der Waals surface area contributed by atoms with Gasteiger partial charge in [0, 0.05) is 12.1 Å². The van der Waals surface area contributed by atoms with Crippen LogP contribution >= 0.6 is 35.0 Å². The third-order valence-corrected chi connectivity index (χ3v) is 4.42. The lowest BCUT2D eigenvalue weighted by Gasteiger charge is -2.05. The second kappa shape index (κ2) is 6.70. The van der Waals surface area contributed by atoms with Crippen LogP contribution in [0, 0.1) is 0 Å². The number of carbonyl (C=O) groups excluding carboxylic acids is 2. The fourth-order valence-electron chi connectivity index (χ4n) is 1.82. The smallest absolute Gasteiger partial charge is 0.290 e. The Kier molecular flexibility index (Phi) is 4.66. The van der Waals surface area contributed by atoms with Crippen molar-refractivity contribution in [3.05, 3.63) is 56.8 Å². The predicted molar refractivity (Wildman–Crippen MR) is 88.6 cm³/mol. The standard InChI is InChI=1S/C15H9Cl2NO4S/c16-11-4-3-8(5-12(11)17)21-7-10-2-1-9(22-10)6-13-14(19)18-15(20)23-13/h1-6H,7H2,(H,18,19,20). The van der Waals surface area contributed by atoms with Gasteiger partial charge in [0.05, 0.1) is 15.0 Å². The predicted octanol–water partition coefficient (Wildman–Crippen LogP) is 4.49. The van der Waals surface area contributed by atoms with E-state index in [0.717, 1.165) is 11.8 Å². The Morgan fingerprint density at radius 3 is 2.70 bits per heavy atom. The fraction of sp³-hybridized carbons (Fsp3) is 0.0667. The van der Waals surface area contributed by atoms with Crippen molar-refractivity contribution in [1.29, 1.82) is 0 Å². The van der Waals surface area contributed by atoms with Gasteiger partial charge in [0.15, 0.2) is 0 Å². The van der Waals surface area contributed by atoms with Gasteiger partial charge in [-0.3, -0.25) is 14.9 Å². The highest BCUT2D eigenvalue weighted by atomic mass is 35.5. The SMILES string of the molecule is O=C1NC(=O)C(=Cc2ccc(COc3ccc(Cl)c(Cl)c3)o2)S1. The molecule has 8 heteroatoms. The maximum absolute atomic E-state index is 11.5. The van der Waals surface area contributed by atoms with Crippen molar-refractivity contribution in [1.82, 2.24) is 5.32 Å². The summed E-state index contributed by atoms with van der Waals surface area (Å²) in [4.78, 5) is 22.8. The van der Waals surface area contributed by atoms with Gasteiger partial charge in [-0.15, -0.1) is 0 Å². The third-order valence-electron chi connectivity index (χ3n) is 2.87. The Bertz CT molecular complexity index is 816. The van der Waals surface area contributed by atoms with E-state index in [1.165, 1.54) is 6.08 Å². The van der Waals surface area contributed by atoms with Crippen LogP contribution in [0.4, 0.5) is 4.79 Å². The maximum Gasteiger partial charge on any atom is 0.290 e. The van der Waals surface area contributed by atoms with Crippen molar-refractivity contribution >= 4 is 52.2 Å². The molecule has 1 saturated heterocycles. The molecular formula is C15H9Cl2NO4S. The van der Waals surface area contributed by atoms with Gasteiger partial charge in [0.25, 0.3) is 11.1 Å². The molecule has 2 aromatic rings. The van der Waals surface area contributed by atoms with Crippen LogP contribution in [0.2, 0.25) is 10.0 Å². The summed E-state index contributed by atoms with van der Waals surface area (Å²) in [6, 6.07) is 8.37. The summed E-state index contributed by atoms with van der Waals surface area (Å²) in [5.74, 6) is 1.17. The number of carbonyl (C=O) groups is 2. The van der Waals surface area contributed by atoms with Crippen LogP contribution in [0.25, 0.3) is 6.08 Å². The van der Waals surface area contributed by atoms with Gasteiger partial charge in [-0.2, -0.15) is 0 Å². The molecule has 0 unspecified atom stereocenters. The summed E-state index contributed by atoms with van der Waals surface area (Å²) in [6.45, 7) is 0.194. The van der Waals surface area contributed by atoms with Crippen LogP contribution in [0.15, 0.2) is 39.7 Å². The minimum atomic E-state index is -0.426. The van der Waals surface area contributed by atoms with Gasteiger partial charge in [-0.25, -0.2) is 0 Å².